The van der Waals surface area contributed by atoms with Gasteiger partial charge < -0.3 is 28.8 Å². The molecule has 0 saturated carbocycles. The summed E-state index contributed by atoms with van der Waals surface area (Å²) >= 11 is 0. The van der Waals surface area contributed by atoms with Crippen LogP contribution in [0.2, 0.25) is 0 Å². The summed E-state index contributed by atoms with van der Waals surface area (Å²) < 4.78 is 20.5. The maximum atomic E-state index is 12.4. The molecule has 1 aliphatic rings. The van der Waals surface area contributed by atoms with Gasteiger partial charge in [-0.3, -0.25) is 14.4 Å². The molecule has 1 saturated heterocycles. The van der Waals surface area contributed by atoms with Gasteiger partial charge in [-0.05, 0) is 31.0 Å². The number of anilines is 1. The predicted octanol–water partition coefficient (Wildman–Crippen LogP) is 2.33. The molecule has 2 heterocycles. The Balaban J connectivity index is 1.52. The number of piperidine rings is 1. The zero-order valence-electron chi connectivity index (χ0n) is 16.9. The Morgan fingerprint density at radius 1 is 1.20 bits per heavy atom. The maximum Gasteiger partial charge on any atom is 0.311 e. The van der Waals surface area contributed by atoms with Crippen LogP contribution in [0.15, 0.2) is 41.2 Å². The highest BCUT2D eigenvalue weighted by atomic mass is 16.5. The molecule has 2 amide bonds. The number of esters is 1. The lowest BCUT2D eigenvalue weighted by Crippen LogP contribution is -2.43. The molecule has 9 heteroatoms. The number of carbonyl (C=O) groups excluding carboxylic acids is 3. The molecule has 30 heavy (non-hydrogen) atoms. The van der Waals surface area contributed by atoms with Crippen molar-refractivity contribution < 1.29 is 33.0 Å². The minimum absolute atomic E-state index is 0.191. The summed E-state index contributed by atoms with van der Waals surface area (Å²) in [6.07, 6.45) is 4.08. The van der Waals surface area contributed by atoms with Gasteiger partial charge in [0.15, 0.2) is 6.61 Å². The van der Waals surface area contributed by atoms with Gasteiger partial charge in [-0.2, -0.15) is 0 Å². The Bertz CT molecular complexity index is 895. The molecule has 1 aliphatic heterocycles. The number of nitrogens with one attached hydrogen (secondary N) is 1. The fourth-order valence-electron chi connectivity index (χ4n) is 3.28. The molecule has 1 unspecified atom stereocenters. The van der Waals surface area contributed by atoms with Crippen LogP contribution in [-0.2, 0) is 14.3 Å². The summed E-state index contributed by atoms with van der Waals surface area (Å²) in [4.78, 5) is 38.7. The van der Waals surface area contributed by atoms with Crippen molar-refractivity contribution in [3.63, 3.8) is 0 Å². The first-order chi connectivity index (χ1) is 14.5. The number of nitrogens with zero attached hydrogens (tertiary/aromatic N) is 1. The fourth-order valence-corrected chi connectivity index (χ4v) is 3.28. The summed E-state index contributed by atoms with van der Waals surface area (Å²) in [5.74, 6) is -0.675. The van der Waals surface area contributed by atoms with E-state index in [-0.39, 0.29) is 12.5 Å². The number of likely N-dealkylation sites (tertiary alicyclic amines) is 1. The first-order valence-electron chi connectivity index (χ1n) is 9.51. The SMILES string of the molecule is COc1ccc(OC)c(NC(=O)COC(=O)C2CCCN(C(=O)c3ccoc3)C2)c1. The van der Waals surface area contributed by atoms with Crippen LogP contribution < -0.4 is 14.8 Å². The molecular weight excluding hydrogens is 392 g/mol. The Kier molecular flexibility index (Phi) is 6.95. The third-order valence-corrected chi connectivity index (χ3v) is 4.84. The first-order valence-corrected chi connectivity index (χ1v) is 9.51. The molecule has 9 nitrogen and oxygen atoms in total. The lowest BCUT2D eigenvalue weighted by molar-refractivity contribution is -0.152. The third-order valence-electron chi connectivity index (χ3n) is 4.84. The number of hydrogen-bond donors (Lipinski definition) is 1. The molecule has 3 rings (SSSR count). The fraction of sp³-hybridized carbons (Fsp3) is 0.381. The molecule has 0 aliphatic carbocycles. The van der Waals surface area contributed by atoms with Gasteiger partial charge in [0, 0.05) is 19.2 Å². The average Bonchev–Trinajstić information content (AvgIpc) is 3.32. The number of carbonyl (C=O) groups is 3. The second kappa shape index (κ2) is 9.82. The van der Waals surface area contributed by atoms with E-state index in [1.807, 2.05) is 0 Å². The Labute approximate surface area is 173 Å². The van der Waals surface area contributed by atoms with Crippen molar-refractivity contribution in [3.8, 4) is 11.5 Å². The first kappa shape index (κ1) is 21.2. The van der Waals surface area contributed by atoms with E-state index >= 15 is 0 Å². The molecule has 1 fully saturated rings. The molecule has 1 aromatic carbocycles. The van der Waals surface area contributed by atoms with E-state index in [1.54, 1.807) is 29.2 Å². The van der Waals surface area contributed by atoms with Crippen LogP contribution in [0.5, 0.6) is 11.5 Å². The van der Waals surface area contributed by atoms with Gasteiger partial charge in [0.25, 0.3) is 11.8 Å². The number of hydrogen-bond acceptors (Lipinski definition) is 7. The number of methoxy groups -OCH3 is 2. The third kappa shape index (κ3) is 5.11. The number of rotatable bonds is 7. The van der Waals surface area contributed by atoms with E-state index in [9.17, 15) is 14.4 Å². The van der Waals surface area contributed by atoms with Crippen molar-refractivity contribution in [1.29, 1.82) is 0 Å². The standard InChI is InChI=1S/C21H24N2O7/c1-27-16-5-6-18(28-2)17(10-16)22-19(24)13-30-21(26)14-4-3-8-23(11-14)20(25)15-7-9-29-12-15/h5-7,9-10,12,14H,3-4,8,11,13H2,1-2H3,(H,22,24). The van der Waals surface area contributed by atoms with E-state index in [0.29, 0.717) is 42.1 Å². The van der Waals surface area contributed by atoms with Crippen LogP contribution >= 0.6 is 0 Å². The molecule has 2 aromatic rings. The normalized spacial score (nSPS) is 15.9. The van der Waals surface area contributed by atoms with E-state index in [4.69, 9.17) is 18.6 Å². The molecule has 0 spiro atoms. The van der Waals surface area contributed by atoms with Crippen LogP contribution in [0, 0.1) is 5.92 Å². The quantitative estimate of drug-likeness (QED) is 0.690. The molecule has 0 bridgehead atoms. The smallest absolute Gasteiger partial charge is 0.311 e. The van der Waals surface area contributed by atoms with Gasteiger partial charge in [0.1, 0.15) is 17.8 Å². The Morgan fingerprint density at radius 3 is 2.73 bits per heavy atom. The highest BCUT2D eigenvalue weighted by Gasteiger charge is 2.30. The van der Waals surface area contributed by atoms with Crippen molar-refractivity contribution >= 4 is 23.5 Å². The predicted molar refractivity (Wildman–Crippen MR) is 106 cm³/mol. The second-order valence-corrected chi connectivity index (χ2v) is 6.82. The summed E-state index contributed by atoms with van der Waals surface area (Å²) in [5, 5.41) is 2.64. The Hall–Kier alpha value is -3.49. The van der Waals surface area contributed by atoms with E-state index in [1.165, 1.54) is 26.7 Å². The van der Waals surface area contributed by atoms with Gasteiger partial charge in [-0.1, -0.05) is 0 Å². The van der Waals surface area contributed by atoms with E-state index in [2.05, 4.69) is 5.32 Å². The zero-order chi connectivity index (χ0) is 21.5. The minimum atomic E-state index is -0.507. The molecule has 0 radical (unpaired) electrons. The zero-order valence-corrected chi connectivity index (χ0v) is 16.9. The van der Waals surface area contributed by atoms with Crippen molar-refractivity contribution in [1.82, 2.24) is 4.90 Å². The van der Waals surface area contributed by atoms with Gasteiger partial charge in [0.2, 0.25) is 0 Å². The lowest BCUT2D eigenvalue weighted by atomic mass is 9.98. The highest BCUT2D eigenvalue weighted by Crippen LogP contribution is 2.28. The van der Waals surface area contributed by atoms with Gasteiger partial charge in [-0.25, -0.2) is 0 Å². The molecule has 1 N–H and O–H groups in total. The van der Waals surface area contributed by atoms with Gasteiger partial charge >= 0.3 is 5.97 Å². The van der Waals surface area contributed by atoms with Crippen LogP contribution in [0.25, 0.3) is 0 Å². The van der Waals surface area contributed by atoms with E-state index < -0.39 is 24.4 Å². The summed E-state index contributed by atoms with van der Waals surface area (Å²) in [5.41, 5.74) is 0.850. The van der Waals surface area contributed by atoms with Crippen LogP contribution in [-0.4, -0.2) is 56.6 Å². The lowest BCUT2D eigenvalue weighted by Gasteiger charge is -2.31. The highest BCUT2D eigenvalue weighted by molar-refractivity contribution is 5.95. The Morgan fingerprint density at radius 2 is 2.03 bits per heavy atom. The van der Waals surface area contributed by atoms with Crippen LogP contribution in [0.1, 0.15) is 23.2 Å². The number of amides is 2. The largest absolute Gasteiger partial charge is 0.497 e. The van der Waals surface area contributed by atoms with Crippen molar-refractivity contribution in [3.05, 3.63) is 42.4 Å². The monoisotopic (exact) mass is 416 g/mol. The van der Waals surface area contributed by atoms with Gasteiger partial charge in [0.05, 0.1) is 37.7 Å². The summed E-state index contributed by atoms with van der Waals surface area (Å²) in [6.45, 7) is 0.365. The second-order valence-electron chi connectivity index (χ2n) is 6.82. The summed E-state index contributed by atoms with van der Waals surface area (Å²) in [6, 6.07) is 6.56. The molecular formula is C21H24N2O7. The van der Waals surface area contributed by atoms with Crippen molar-refractivity contribution in [2.45, 2.75) is 12.8 Å². The van der Waals surface area contributed by atoms with Gasteiger partial charge in [-0.15, -0.1) is 0 Å². The van der Waals surface area contributed by atoms with E-state index in [0.717, 1.165) is 0 Å². The molecule has 1 atom stereocenters. The van der Waals surface area contributed by atoms with Crippen LogP contribution in [0.4, 0.5) is 5.69 Å². The summed E-state index contributed by atoms with van der Waals surface area (Å²) in [7, 11) is 3.00. The number of benzene rings is 1. The van der Waals surface area contributed by atoms with Crippen molar-refractivity contribution in [2.75, 3.05) is 39.2 Å². The number of ether oxygens (including phenoxy) is 3. The minimum Gasteiger partial charge on any atom is -0.497 e. The molecule has 160 valence electrons. The van der Waals surface area contributed by atoms with Crippen molar-refractivity contribution in [2.24, 2.45) is 5.92 Å². The number of furan rings is 1. The topological polar surface area (TPSA) is 107 Å². The molecule has 1 aromatic heterocycles. The average molecular weight is 416 g/mol. The maximum absolute atomic E-state index is 12.4. The van der Waals surface area contributed by atoms with Crippen LogP contribution in [0.3, 0.4) is 0 Å².